The van der Waals surface area contributed by atoms with Crippen molar-refractivity contribution in [3.63, 3.8) is 0 Å². The standard InChI is InChI=1S/C16H19FN2O/c1-3-13-11-19(4-2)15(18-16(13)20)10-7-12-5-8-14(17)9-6-12/h5-6,8-9,11H,3-4,7,10H2,1-2H3. The third-order valence-corrected chi connectivity index (χ3v) is 3.42. The van der Waals surface area contributed by atoms with Crippen molar-refractivity contribution in [2.45, 2.75) is 39.7 Å². The van der Waals surface area contributed by atoms with E-state index in [0.29, 0.717) is 12.8 Å². The van der Waals surface area contributed by atoms with Crippen LogP contribution < -0.4 is 5.56 Å². The number of nitrogens with zero attached hydrogens (tertiary/aromatic N) is 2. The number of halogens is 1. The van der Waals surface area contributed by atoms with Crippen LogP contribution in [0.15, 0.2) is 35.3 Å². The second-order valence-corrected chi connectivity index (χ2v) is 4.75. The highest BCUT2D eigenvalue weighted by Crippen LogP contribution is 2.07. The van der Waals surface area contributed by atoms with Crippen molar-refractivity contribution in [1.29, 1.82) is 0 Å². The lowest BCUT2D eigenvalue weighted by Crippen LogP contribution is -2.21. The third-order valence-electron chi connectivity index (χ3n) is 3.42. The molecule has 0 saturated carbocycles. The van der Waals surface area contributed by atoms with Gasteiger partial charge in [-0.3, -0.25) is 4.79 Å². The minimum absolute atomic E-state index is 0.133. The molecule has 0 aliphatic heterocycles. The molecule has 0 aliphatic rings. The van der Waals surface area contributed by atoms with Crippen molar-refractivity contribution in [2.24, 2.45) is 0 Å². The second-order valence-electron chi connectivity index (χ2n) is 4.75. The Labute approximate surface area is 118 Å². The van der Waals surface area contributed by atoms with Crippen LogP contribution in [0.5, 0.6) is 0 Å². The van der Waals surface area contributed by atoms with Crippen molar-refractivity contribution in [3.8, 4) is 0 Å². The monoisotopic (exact) mass is 274 g/mol. The fraction of sp³-hybridized carbons (Fsp3) is 0.375. The topological polar surface area (TPSA) is 34.9 Å². The molecular weight excluding hydrogens is 255 g/mol. The van der Waals surface area contributed by atoms with Gasteiger partial charge in [0.25, 0.3) is 5.56 Å². The van der Waals surface area contributed by atoms with E-state index in [0.717, 1.165) is 29.9 Å². The number of benzene rings is 1. The van der Waals surface area contributed by atoms with E-state index in [1.165, 1.54) is 12.1 Å². The van der Waals surface area contributed by atoms with Crippen molar-refractivity contribution in [3.05, 3.63) is 63.6 Å². The molecule has 0 N–H and O–H groups in total. The van der Waals surface area contributed by atoms with Crippen LogP contribution >= 0.6 is 0 Å². The summed E-state index contributed by atoms with van der Waals surface area (Å²) < 4.78 is 14.9. The van der Waals surface area contributed by atoms with Crippen LogP contribution in [-0.2, 0) is 25.8 Å². The Morgan fingerprint density at radius 1 is 1.15 bits per heavy atom. The fourth-order valence-electron chi connectivity index (χ4n) is 2.19. The first kappa shape index (κ1) is 14.4. The zero-order chi connectivity index (χ0) is 14.5. The fourth-order valence-corrected chi connectivity index (χ4v) is 2.19. The maximum atomic E-state index is 12.8. The van der Waals surface area contributed by atoms with Crippen LogP contribution in [0.1, 0.15) is 30.8 Å². The summed E-state index contributed by atoms with van der Waals surface area (Å²) in [5, 5.41) is 0. The number of hydrogen-bond donors (Lipinski definition) is 0. The minimum Gasteiger partial charge on any atom is -0.336 e. The van der Waals surface area contributed by atoms with Gasteiger partial charge in [0.15, 0.2) is 0 Å². The molecule has 0 unspecified atom stereocenters. The third kappa shape index (κ3) is 3.32. The lowest BCUT2D eigenvalue weighted by molar-refractivity contribution is 0.625. The molecule has 0 fully saturated rings. The molecule has 0 bridgehead atoms. The van der Waals surface area contributed by atoms with Gasteiger partial charge in [-0.2, -0.15) is 4.98 Å². The Morgan fingerprint density at radius 3 is 2.45 bits per heavy atom. The van der Waals surface area contributed by atoms with Crippen molar-refractivity contribution >= 4 is 0 Å². The van der Waals surface area contributed by atoms with Crippen LogP contribution in [0, 0.1) is 5.82 Å². The molecule has 0 aliphatic carbocycles. The Balaban J connectivity index is 2.18. The summed E-state index contributed by atoms with van der Waals surface area (Å²) in [5.41, 5.74) is 1.66. The largest absolute Gasteiger partial charge is 0.336 e. The number of aryl methyl sites for hydroxylation is 4. The summed E-state index contributed by atoms with van der Waals surface area (Å²) in [5.74, 6) is 0.559. The molecule has 0 spiro atoms. The van der Waals surface area contributed by atoms with Crippen molar-refractivity contribution < 1.29 is 4.39 Å². The van der Waals surface area contributed by atoms with Gasteiger partial charge in [-0.25, -0.2) is 4.39 Å². The van der Waals surface area contributed by atoms with E-state index in [1.54, 1.807) is 12.1 Å². The molecule has 3 nitrogen and oxygen atoms in total. The summed E-state index contributed by atoms with van der Waals surface area (Å²) in [6.07, 6.45) is 4.02. The zero-order valence-corrected chi connectivity index (χ0v) is 11.9. The molecule has 1 heterocycles. The molecule has 0 radical (unpaired) electrons. The minimum atomic E-state index is -0.232. The molecule has 106 valence electrons. The Morgan fingerprint density at radius 2 is 1.85 bits per heavy atom. The van der Waals surface area contributed by atoms with Crippen LogP contribution in [0.2, 0.25) is 0 Å². The Hall–Kier alpha value is -1.97. The van der Waals surface area contributed by atoms with Gasteiger partial charge in [0.2, 0.25) is 0 Å². The molecule has 0 saturated heterocycles. The molecule has 1 aromatic heterocycles. The van der Waals surface area contributed by atoms with Crippen molar-refractivity contribution in [2.75, 3.05) is 0 Å². The van der Waals surface area contributed by atoms with Gasteiger partial charge in [-0.15, -0.1) is 0 Å². The Kier molecular flexibility index (Phi) is 4.66. The highest BCUT2D eigenvalue weighted by Gasteiger charge is 2.07. The molecular formula is C16H19FN2O. The average Bonchev–Trinajstić information content (AvgIpc) is 2.46. The SMILES string of the molecule is CCc1cn(CC)c(CCc2ccc(F)cc2)nc1=O. The van der Waals surface area contributed by atoms with E-state index in [-0.39, 0.29) is 11.4 Å². The first-order chi connectivity index (χ1) is 9.63. The van der Waals surface area contributed by atoms with Gasteiger partial charge in [0, 0.05) is 24.7 Å². The first-order valence-electron chi connectivity index (χ1n) is 6.97. The van der Waals surface area contributed by atoms with E-state index in [9.17, 15) is 9.18 Å². The molecule has 20 heavy (non-hydrogen) atoms. The van der Waals surface area contributed by atoms with Gasteiger partial charge in [-0.05, 0) is 37.5 Å². The van der Waals surface area contributed by atoms with E-state index in [4.69, 9.17) is 0 Å². The average molecular weight is 274 g/mol. The predicted molar refractivity (Wildman–Crippen MR) is 77.4 cm³/mol. The maximum absolute atomic E-state index is 12.8. The molecule has 2 rings (SSSR count). The van der Waals surface area contributed by atoms with E-state index in [2.05, 4.69) is 4.98 Å². The summed E-state index contributed by atoms with van der Waals surface area (Å²) in [6, 6.07) is 6.44. The molecule has 0 amide bonds. The lowest BCUT2D eigenvalue weighted by atomic mass is 10.1. The maximum Gasteiger partial charge on any atom is 0.276 e. The quantitative estimate of drug-likeness (QED) is 0.840. The summed E-state index contributed by atoms with van der Waals surface area (Å²) in [4.78, 5) is 16.0. The number of rotatable bonds is 5. The molecule has 1 aromatic carbocycles. The highest BCUT2D eigenvalue weighted by molar-refractivity contribution is 5.17. The Bertz CT molecular complexity index is 632. The zero-order valence-electron chi connectivity index (χ0n) is 11.9. The van der Waals surface area contributed by atoms with Crippen LogP contribution in [-0.4, -0.2) is 9.55 Å². The second kappa shape index (κ2) is 6.46. The molecule has 2 aromatic rings. The molecule has 4 heteroatoms. The predicted octanol–water partition coefficient (Wildman–Crippen LogP) is 2.75. The normalized spacial score (nSPS) is 10.8. The van der Waals surface area contributed by atoms with Gasteiger partial charge in [0.05, 0.1) is 0 Å². The van der Waals surface area contributed by atoms with E-state index < -0.39 is 0 Å². The van der Waals surface area contributed by atoms with Crippen LogP contribution in [0.3, 0.4) is 0 Å². The number of aromatic nitrogens is 2. The van der Waals surface area contributed by atoms with Gasteiger partial charge in [0.1, 0.15) is 11.6 Å². The lowest BCUT2D eigenvalue weighted by Gasteiger charge is -2.11. The van der Waals surface area contributed by atoms with E-state index >= 15 is 0 Å². The van der Waals surface area contributed by atoms with Gasteiger partial charge in [-0.1, -0.05) is 19.1 Å². The highest BCUT2D eigenvalue weighted by atomic mass is 19.1. The van der Waals surface area contributed by atoms with Crippen LogP contribution in [0.25, 0.3) is 0 Å². The number of hydrogen-bond acceptors (Lipinski definition) is 2. The molecule has 0 atom stereocenters. The summed E-state index contributed by atoms with van der Waals surface area (Å²) in [6.45, 7) is 4.78. The summed E-state index contributed by atoms with van der Waals surface area (Å²) >= 11 is 0. The van der Waals surface area contributed by atoms with Gasteiger partial charge >= 0.3 is 0 Å². The summed E-state index contributed by atoms with van der Waals surface area (Å²) in [7, 11) is 0. The smallest absolute Gasteiger partial charge is 0.276 e. The van der Waals surface area contributed by atoms with Crippen LogP contribution in [0.4, 0.5) is 4.39 Å². The first-order valence-corrected chi connectivity index (χ1v) is 6.97. The van der Waals surface area contributed by atoms with E-state index in [1.807, 2.05) is 24.6 Å². The van der Waals surface area contributed by atoms with Crippen molar-refractivity contribution in [1.82, 2.24) is 9.55 Å². The van der Waals surface area contributed by atoms with Gasteiger partial charge < -0.3 is 4.57 Å².